The minimum absolute atomic E-state index is 0.829. The molecule has 4 unspecified atom stereocenters. The first-order valence-electron chi connectivity index (χ1n) is 9.29. The van der Waals surface area contributed by atoms with Crippen LogP contribution in [0.3, 0.4) is 0 Å². The maximum Gasteiger partial charge on any atom is 0.0224 e. The summed E-state index contributed by atoms with van der Waals surface area (Å²) in [6, 6.07) is 2.59. The van der Waals surface area contributed by atoms with Gasteiger partial charge in [0.15, 0.2) is 0 Å². The minimum atomic E-state index is 0.829. The predicted octanol–water partition coefficient (Wildman–Crippen LogP) is 3.90. The van der Waals surface area contributed by atoms with E-state index in [-0.39, 0.29) is 0 Å². The van der Waals surface area contributed by atoms with Gasteiger partial charge in [-0.05, 0) is 44.6 Å². The maximum absolute atomic E-state index is 2.96. The lowest BCUT2D eigenvalue weighted by molar-refractivity contribution is -0.0290. The maximum atomic E-state index is 2.96. The van der Waals surface area contributed by atoms with Crippen LogP contribution in [0.5, 0.6) is 0 Å². The third kappa shape index (κ3) is 3.06. The normalized spacial score (nSPS) is 41.1. The fraction of sp³-hybridized carbons (Fsp3) is 1.00. The summed E-state index contributed by atoms with van der Waals surface area (Å²) in [5.41, 5.74) is 0. The topological polar surface area (TPSA) is 6.48 Å². The summed E-state index contributed by atoms with van der Waals surface area (Å²) in [4.78, 5) is 5.78. The Morgan fingerprint density at radius 2 is 1.70 bits per heavy atom. The second-order valence-electron chi connectivity index (χ2n) is 7.59. The zero-order chi connectivity index (χ0) is 13.9. The van der Waals surface area contributed by atoms with Crippen molar-refractivity contribution in [2.45, 2.75) is 89.8 Å². The van der Waals surface area contributed by atoms with Crippen LogP contribution in [0.4, 0.5) is 0 Å². The Hall–Kier alpha value is -0.0800. The number of hydrogen-bond donors (Lipinski definition) is 0. The molecule has 0 spiro atoms. The molecule has 1 aliphatic carbocycles. The van der Waals surface area contributed by atoms with Gasteiger partial charge in [0, 0.05) is 31.2 Å². The Labute approximate surface area is 125 Å². The molecule has 0 N–H and O–H groups in total. The molecule has 2 nitrogen and oxygen atoms in total. The van der Waals surface area contributed by atoms with Crippen LogP contribution in [0, 0.1) is 5.92 Å². The third-order valence-electron chi connectivity index (χ3n) is 6.30. The van der Waals surface area contributed by atoms with Gasteiger partial charge in [0.05, 0.1) is 0 Å². The summed E-state index contributed by atoms with van der Waals surface area (Å²) in [5, 5.41) is 0. The lowest BCUT2D eigenvalue weighted by Crippen LogP contribution is -2.62. The molecule has 0 aromatic rings. The van der Waals surface area contributed by atoms with E-state index in [2.05, 4.69) is 23.6 Å². The Balaban J connectivity index is 1.72. The van der Waals surface area contributed by atoms with Crippen LogP contribution in [0.1, 0.15) is 71.6 Å². The monoisotopic (exact) mass is 278 g/mol. The van der Waals surface area contributed by atoms with E-state index in [1.54, 1.807) is 0 Å². The molecule has 2 aliphatic heterocycles. The zero-order valence-electron chi connectivity index (χ0n) is 13.7. The third-order valence-corrected chi connectivity index (χ3v) is 6.30. The molecule has 0 bridgehead atoms. The summed E-state index contributed by atoms with van der Waals surface area (Å²) >= 11 is 0. The number of piperidine rings is 1. The predicted molar refractivity (Wildman–Crippen MR) is 86.0 cm³/mol. The highest BCUT2D eigenvalue weighted by Crippen LogP contribution is 2.33. The van der Waals surface area contributed by atoms with Crippen LogP contribution in [0.15, 0.2) is 0 Å². The molecule has 3 fully saturated rings. The molecule has 1 saturated carbocycles. The van der Waals surface area contributed by atoms with E-state index in [1.807, 2.05) is 0 Å². The van der Waals surface area contributed by atoms with E-state index < -0.39 is 0 Å². The number of nitrogens with zero attached hydrogens (tertiary/aromatic N) is 2. The molecular formula is C18H34N2. The van der Waals surface area contributed by atoms with Gasteiger partial charge < -0.3 is 0 Å². The van der Waals surface area contributed by atoms with Gasteiger partial charge in [-0.3, -0.25) is 9.80 Å². The van der Waals surface area contributed by atoms with Gasteiger partial charge in [0.2, 0.25) is 0 Å². The highest BCUT2D eigenvalue weighted by molar-refractivity contribution is 4.94. The average Bonchev–Trinajstić information content (AvgIpc) is 2.70. The number of fused-ring (bicyclic) bond motifs is 1. The average molecular weight is 278 g/mol. The SMILES string of the molecule is CCC1CN2CCCCC2CN1C1CCCCCC1C. The first kappa shape index (κ1) is 14.8. The Morgan fingerprint density at radius 3 is 2.55 bits per heavy atom. The summed E-state index contributed by atoms with van der Waals surface area (Å²) in [6.07, 6.45) is 13.0. The number of hydrogen-bond acceptors (Lipinski definition) is 2. The first-order chi connectivity index (χ1) is 9.79. The molecule has 0 radical (unpaired) electrons. The molecule has 0 aromatic carbocycles. The highest BCUT2D eigenvalue weighted by Gasteiger charge is 2.38. The zero-order valence-corrected chi connectivity index (χ0v) is 13.7. The fourth-order valence-corrected chi connectivity index (χ4v) is 5.01. The summed E-state index contributed by atoms with van der Waals surface area (Å²) in [5.74, 6) is 0.918. The summed E-state index contributed by atoms with van der Waals surface area (Å²) < 4.78 is 0. The second kappa shape index (κ2) is 6.79. The Bertz CT molecular complexity index is 304. The molecule has 2 heterocycles. The number of piperazine rings is 1. The molecule has 4 atom stereocenters. The van der Waals surface area contributed by atoms with Gasteiger partial charge in [0.1, 0.15) is 0 Å². The van der Waals surface area contributed by atoms with Crippen LogP contribution in [-0.2, 0) is 0 Å². The van der Waals surface area contributed by atoms with Crippen molar-refractivity contribution in [3.63, 3.8) is 0 Å². The van der Waals surface area contributed by atoms with E-state index in [0.29, 0.717) is 0 Å². The van der Waals surface area contributed by atoms with Crippen molar-refractivity contribution in [2.24, 2.45) is 5.92 Å². The van der Waals surface area contributed by atoms with Crippen LogP contribution < -0.4 is 0 Å². The molecule has 2 heteroatoms. The molecule has 3 rings (SSSR count). The summed E-state index contributed by atoms with van der Waals surface area (Å²) in [7, 11) is 0. The van der Waals surface area contributed by atoms with E-state index >= 15 is 0 Å². The number of rotatable bonds is 2. The van der Waals surface area contributed by atoms with Crippen LogP contribution in [-0.4, -0.2) is 47.6 Å². The van der Waals surface area contributed by atoms with Gasteiger partial charge in [-0.25, -0.2) is 0 Å². The molecule has 3 aliphatic rings. The highest BCUT2D eigenvalue weighted by atomic mass is 15.3. The van der Waals surface area contributed by atoms with E-state index in [1.165, 1.54) is 77.4 Å². The quantitative estimate of drug-likeness (QED) is 0.707. The van der Waals surface area contributed by atoms with Crippen LogP contribution in [0.2, 0.25) is 0 Å². The molecule has 0 amide bonds. The minimum Gasteiger partial charge on any atom is -0.298 e. The first-order valence-corrected chi connectivity index (χ1v) is 9.29. The van der Waals surface area contributed by atoms with Crippen molar-refractivity contribution in [2.75, 3.05) is 19.6 Å². The summed E-state index contributed by atoms with van der Waals surface area (Å²) in [6.45, 7) is 9.02. The lowest BCUT2D eigenvalue weighted by Gasteiger charge is -2.52. The van der Waals surface area contributed by atoms with Crippen molar-refractivity contribution in [1.29, 1.82) is 0 Å². The Morgan fingerprint density at radius 1 is 0.900 bits per heavy atom. The van der Waals surface area contributed by atoms with Crippen molar-refractivity contribution in [1.82, 2.24) is 9.80 Å². The van der Waals surface area contributed by atoms with Crippen molar-refractivity contribution < 1.29 is 0 Å². The molecule has 0 aromatic heterocycles. The van der Waals surface area contributed by atoms with Gasteiger partial charge >= 0.3 is 0 Å². The Kier molecular flexibility index (Phi) is 5.04. The smallest absolute Gasteiger partial charge is 0.0224 e. The lowest BCUT2D eigenvalue weighted by atomic mass is 9.89. The van der Waals surface area contributed by atoms with Crippen molar-refractivity contribution in [3.05, 3.63) is 0 Å². The van der Waals surface area contributed by atoms with Crippen molar-refractivity contribution >= 4 is 0 Å². The van der Waals surface area contributed by atoms with Gasteiger partial charge in [0.25, 0.3) is 0 Å². The van der Waals surface area contributed by atoms with Gasteiger partial charge in [-0.2, -0.15) is 0 Å². The van der Waals surface area contributed by atoms with E-state index in [0.717, 1.165) is 24.0 Å². The van der Waals surface area contributed by atoms with Gasteiger partial charge in [-0.15, -0.1) is 0 Å². The van der Waals surface area contributed by atoms with E-state index in [4.69, 9.17) is 0 Å². The molecule has 20 heavy (non-hydrogen) atoms. The van der Waals surface area contributed by atoms with Crippen LogP contribution >= 0.6 is 0 Å². The van der Waals surface area contributed by atoms with Gasteiger partial charge in [-0.1, -0.05) is 39.5 Å². The fourth-order valence-electron chi connectivity index (χ4n) is 5.01. The van der Waals surface area contributed by atoms with Crippen LogP contribution in [0.25, 0.3) is 0 Å². The standard InChI is InChI=1S/C18H34N2/c1-3-16-13-19-12-8-7-10-17(19)14-20(16)18-11-6-4-5-9-15(18)2/h15-18H,3-14H2,1-2H3. The van der Waals surface area contributed by atoms with E-state index in [9.17, 15) is 0 Å². The van der Waals surface area contributed by atoms with Crippen molar-refractivity contribution in [3.8, 4) is 0 Å². The largest absolute Gasteiger partial charge is 0.298 e. The molecule has 2 saturated heterocycles. The molecular weight excluding hydrogens is 244 g/mol. The molecule has 116 valence electrons. The second-order valence-corrected chi connectivity index (χ2v) is 7.59.